The summed E-state index contributed by atoms with van der Waals surface area (Å²) in [6.45, 7) is 9.79. The average Bonchev–Trinajstić information content (AvgIpc) is 2.38. The molecule has 100 valence electrons. The fraction of sp³-hybridized carbons (Fsp3) is 0.625. The van der Waals surface area contributed by atoms with Crippen molar-refractivity contribution in [2.45, 2.75) is 39.7 Å². The first-order chi connectivity index (χ1) is 8.67. The van der Waals surface area contributed by atoms with Crippen molar-refractivity contribution in [3.8, 4) is 0 Å². The van der Waals surface area contributed by atoms with Crippen LogP contribution in [0.2, 0.25) is 0 Å². The molecule has 2 nitrogen and oxygen atoms in total. The van der Waals surface area contributed by atoms with Crippen LogP contribution in [-0.4, -0.2) is 24.5 Å². The van der Waals surface area contributed by atoms with Crippen LogP contribution in [0.5, 0.6) is 0 Å². The van der Waals surface area contributed by atoms with E-state index < -0.39 is 0 Å². The lowest BCUT2D eigenvalue weighted by molar-refractivity contribution is 0.102. The number of nitrogens with zero attached hydrogens (tertiary/aromatic N) is 1. The van der Waals surface area contributed by atoms with E-state index in [0.29, 0.717) is 12.0 Å². The summed E-state index contributed by atoms with van der Waals surface area (Å²) in [5, 5.41) is 0. The minimum absolute atomic E-state index is 0.523. The maximum atomic E-state index is 6.00. The van der Waals surface area contributed by atoms with Crippen molar-refractivity contribution in [2.24, 2.45) is 11.7 Å². The van der Waals surface area contributed by atoms with Crippen LogP contribution in [0.15, 0.2) is 18.2 Å². The minimum Gasteiger partial charge on any atom is -0.330 e. The number of rotatable bonds is 3. The van der Waals surface area contributed by atoms with Crippen LogP contribution < -0.4 is 5.73 Å². The first-order valence-electron chi connectivity index (χ1n) is 7.18. The van der Waals surface area contributed by atoms with Gasteiger partial charge < -0.3 is 5.73 Å². The van der Waals surface area contributed by atoms with Gasteiger partial charge in [-0.2, -0.15) is 0 Å². The van der Waals surface area contributed by atoms with Crippen molar-refractivity contribution in [3.63, 3.8) is 0 Å². The van der Waals surface area contributed by atoms with Crippen LogP contribution >= 0.6 is 0 Å². The van der Waals surface area contributed by atoms with Crippen molar-refractivity contribution >= 4 is 0 Å². The van der Waals surface area contributed by atoms with E-state index in [1.54, 1.807) is 0 Å². The summed E-state index contributed by atoms with van der Waals surface area (Å²) < 4.78 is 0. The van der Waals surface area contributed by atoms with Crippen molar-refractivity contribution in [1.29, 1.82) is 0 Å². The molecule has 2 unspecified atom stereocenters. The van der Waals surface area contributed by atoms with Gasteiger partial charge in [0.1, 0.15) is 0 Å². The van der Waals surface area contributed by atoms with Gasteiger partial charge >= 0.3 is 0 Å². The van der Waals surface area contributed by atoms with Crippen LogP contribution in [-0.2, 0) is 0 Å². The molecule has 0 aromatic heterocycles. The van der Waals surface area contributed by atoms with Crippen LogP contribution in [0.1, 0.15) is 42.5 Å². The number of likely N-dealkylation sites (tertiary alicyclic amines) is 1. The smallest absolute Gasteiger partial charge is 0.0390 e. The summed E-state index contributed by atoms with van der Waals surface area (Å²) in [6, 6.07) is 7.37. The lowest BCUT2D eigenvalue weighted by Gasteiger charge is -2.41. The standard InChI is InChI=1S/C16H26N2/c1-4-18-9-5-6-14(11-17)16(18)15-8-7-12(2)10-13(15)3/h7-8,10,14,16H,4-6,9,11,17H2,1-3H3. The Hall–Kier alpha value is -0.860. The average molecular weight is 246 g/mol. The zero-order valence-corrected chi connectivity index (χ0v) is 11.9. The minimum atomic E-state index is 0.523. The molecule has 1 aromatic rings. The summed E-state index contributed by atoms with van der Waals surface area (Å²) in [6.07, 6.45) is 2.56. The van der Waals surface area contributed by atoms with Gasteiger partial charge in [0.05, 0.1) is 0 Å². The zero-order chi connectivity index (χ0) is 13.1. The number of aryl methyl sites for hydroxylation is 2. The van der Waals surface area contributed by atoms with Crippen LogP contribution in [0.4, 0.5) is 0 Å². The molecule has 1 aromatic carbocycles. The van der Waals surface area contributed by atoms with Gasteiger partial charge in [0.25, 0.3) is 0 Å². The maximum Gasteiger partial charge on any atom is 0.0390 e. The molecular weight excluding hydrogens is 220 g/mol. The molecule has 1 aliphatic rings. The van der Waals surface area contributed by atoms with Crippen molar-refractivity contribution in [2.75, 3.05) is 19.6 Å². The Morgan fingerprint density at radius 2 is 2.11 bits per heavy atom. The Balaban J connectivity index is 2.36. The van der Waals surface area contributed by atoms with Gasteiger partial charge in [-0.05, 0) is 63.4 Å². The summed E-state index contributed by atoms with van der Waals surface area (Å²) in [5.41, 5.74) is 10.2. The van der Waals surface area contributed by atoms with E-state index in [1.807, 2.05) is 0 Å². The number of benzene rings is 1. The molecule has 0 aliphatic carbocycles. The number of hydrogen-bond donors (Lipinski definition) is 1. The molecule has 0 spiro atoms. The van der Waals surface area contributed by atoms with Gasteiger partial charge in [-0.25, -0.2) is 0 Å². The topological polar surface area (TPSA) is 29.3 Å². The summed E-state index contributed by atoms with van der Waals surface area (Å²) in [7, 11) is 0. The first-order valence-corrected chi connectivity index (χ1v) is 7.18. The van der Waals surface area contributed by atoms with E-state index in [2.05, 4.69) is 43.9 Å². The normalized spacial score (nSPS) is 25.3. The Labute approximate surface area is 111 Å². The van der Waals surface area contributed by atoms with E-state index in [0.717, 1.165) is 13.1 Å². The lowest BCUT2D eigenvalue weighted by atomic mass is 9.82. The van der Waals surface area contributed by atoms with E-state index in [1.165, 1.54) is 36.1 Å². The number of nitrogens with two attached hydrogens (primary N) is 1. The fourth-order valence-electron chi connectivity index (χ4n) is 3.36. The molecule has 2 heteroatoms. The molecule has 0 saturated carbocycles. The Morgan fingerprint density at radius 3 is 2.72 bits per heavy atom. The molecular formula is C16H26N2. The quantitative estimate of drug-likeness (QED) is 0.888. The first kappa shape index (κ1) is 13.6. The second-order valence-electron chi connectivity index (χ2n) is 5.57. The largest absolute Gasteiger partial charge is 0.330 e. The molecule has 1 heterocycles. The van der Waals surface area contributed by atoms with Crippen molar-refractivity contribution in [1.82, 2.24) is 4.90 Å². The van der Waals surface area contributed by atoms with Gasteiger partial charge in [-0.15, -0.1) is 0 Å². The van der Waals surface area contributed by atoms with Crippen LogP contribution in [0.25, 0.3) is 0 Å². The predicted octanol–water partition coefficient (Wildman–Crippen LogP) is 3.04. The third kappa shape index (κ3) is 2.60. The molecule has 2 rings (SSSR count). The third-order valence-electron chi connectivity index (χ3n) is 4.31. The molecule has 1 saturated heterocycles. The molecule has 2 N–H and O–H groups in total. The highest BCUT2D eigenvalue weighted by Gasteiger charge is 2.31. The SMILES string of the molecule is CCN1CCCC(CN)C1c1ccc(C)cc1C. The molecule has 0 amide bonds. The predicted molar refractivity (Wildman–Crippen MR) is 77.7 cm³/mol. The zero-order valence-electron chi connectivity index (χ0n) is 11.9. The molecule has 1 aliphatic heterocycles. The van der Waals surface area contributed by atoms with E-state index in [9.17, 15) is 0 Å². The Bertz CT molecular complexity index is 388. The molecule has 1 fully saturated rings. The lowest BCUT2D eigenvalue weighted by Crippen LogP contribution is -2.41. The van der Waals surface area contributed by atoms with E-state index >= 15 is 0 Å². The monoisotopic (exact) mass is 246 g/mol. The maximum absolute atomic E-state index is 6.00. The summed E-state index contributed by atoms with van der Waals surface area (Å²) >= 11 is 0. The highest BCUT2D eigenvalue weighted by atomic mass is 15.2. The van der Waals surface area contributed by atoms with Crippen LogP contribution in [0, 0.1) is 19.8 Å². The van der Waals surface area contributed by atoms with Gasteiger partial charge in [-0.3, -0.25) is 4.90 Å². The molecule has 2 atom stereocenters. The second-order valence-corrected chi connectivity index (χ2v) is 5.57. The Kier molecular flexibility index (Phi) is 4.41. The summed E-state index contributed by atoms with van der Waals surface area (Å²) in [4.78, 5) is 2.60. The van der Waals surface area contributed by atoms with Gasteiger partial charge in [0.2, 0.25) is 0 Å². The Morgan fingerprint density at radius 1 is 1.33 bits per heavy atom. The highest BCUT2D eigenvalue weighted by Crippen LogP contribution is 2.36. The van der Waals surface area contributed by atoms with E-state index in [4.69, 9.17) is 5.73 Å². The van der Waals surface area contributed by atoms with E-state index in [-0.39, 0.29) is 0 Å². The molecule has 0 bridgehead atoms. The summed E-state index contributed by atoms with van der Waals surface area (Å²) in [5.74, 6) is 0.611. The van der Waals surface area contributed by atoms with Crippen LogP contribution in [0.3, 0.4) is 0 Å². The van der Waals surface area contributed by atoms with Gasteiger partial charge in [0.15, 0.2) is 0 Å². The van der Waals surface area contributed by atoms with Crippen molar-refractivity contribution in [3.05, 3.63) is 34.9 Å². The molecule has 0 radical (unpaired) electrons. The highest BCUT2D eigenvalue weighted by molar-refractivity contribution is 5.33. The van der Waals surface area contributed by atoms with Crippen molar-refractivity contribution < 1.29 is 0 Å². The number of piperidine rings is 1. The van der Waals surface area contributed by atoms with Gasteiger partial charge in [0, 0.05) is 6.04 Å². The second kappa shape index (κ2) is 5.85. The third-order valence-corrected chi connectivity index (χ3v) is 4.31. The van der Waals surface area contributed by atoms with Gasteiger partial charge in [-0.1, -0.05) is 30.7 Å². The fourth-order valence-corrected chi connectivity index (χ4v) is 3.36. The number of hydrogen-bond acceptors (Lipinski definition) is 2. The molecule has 18 heavy (non-hydrogen) atoms.